The fourth-order valence-electron chi connectivity index (χ4n) is 2.43. The molecular formula is C11H23ClN2O. The lowest BCUT2D eigenvalue weighted by molar-refractivity contribution is 0.0532. The summed E-state index contributed by atoms with van der Waals surface area (Å²) in [5, 5.41) is 3.51. The second kappa shape index (κ2) is 5.48. The van der Waals surface area contributed by atoms with Gasteiger partial charge in [-0.3, -0.25) is 5.32 Å². The second-order valence-corrected chi connectivity index (χ2v) is 4.96. The van der Waals surface area contributed by atoms with Gasteiger partial charge in [0.05, 0.1) is 6.61 Å². The quantitative estimate of drug-likeness (QED) is 0.783. The van der Waals surface area contributed by atoms with Gasteiger partial charge in [-0.05, 0) is 33.7 Å². The lowest BCUT2D eigenvalue weighted by atomic mass is 10.1. The van der Waals surface area contributed by atoms with E-state index in [0.29, 0.717) is 24.2 Å². The number of rotatable bonds is 2. The summed E-state index contributed by atoms with van der Waals surface area (Å²) in [5.41, 5.74) is 0. The number of ether oxygens (including phenoxy) is 1. The van der Waals surface area contributed by atoms with Crippen molar-refractivity contribution >= 4 is 12.4 Å². The Morgan fingerprint density at radius 3 is 2.60 bits per heavy atom. The Labute approximate surface area is 99.0 Å². The van der Waals surface area contributed by atoms with Gasteiger partial charge in [0.1, 0.15) is 6.23 Å². The molecule has 0 aromatic rings. The summed E-state index contributed by atoms with van der Waals surface area (Å²) in [6.07, 6.45) is 1.59. The molecule has 3 unspecified atom stereocenters. The third-order valence-corrected chi connectivity index (χ3v) is 3.39. The molecular weight excluding hydrogens is 212 g/mol. The summed E-state index contributed by atoms with van der Waals surface area (Å²) >= 11 is 0. The average Bonchev–Trinajstić information content (AvgIpc) is 2.70. The number of hydrogen-bond donors (Lipinski definition) is 1. The average molecular weight is 235 g/mol. The van der Waals surface area contributed by atoms with Gasteiger partial charge in [0.2, 0.25) is 0 Å². The molecule has 0 saturated carbocycles. The normalized spacial score (nSPS) is 37.2. The van der Waals surface area contributed by atoms with Crippen molar-refractivity contribution in [3.8, 4) is 0 Å². The highest BCUT2D eigenvalue weighted by Crippen LogP contribution is 2.24. The molecule has 2 fully saturated rings. The highest BCUT2D eigenvalue weighted by Gasteiger charge is 2.34. The highest BCUT2D eigenvalue weighted by molar-refractivity contribution is 5.85. The standard InChI is InChI=1S/C11H22N2O.ClH/c1-8(2)13-5-4-10(6-13)11-12-9(3)7-14-11;/h8-12H,4-7H2,1-3H3;1H. The molecule has 3 atom stereocenters. The molecule has 0 radical (unpaired) electrons. The maximum Gasteiger partial charge on any atom is 0.112 e. The Bertz CT molecular complexity index is 201. The van der Waals surface area contributed by atoms with Gasteiger partial charge in [0.25, 0.3) is 0 Å². The summed E-state index contributed by atoms with van der Waals surface area (Å²) < 4.78 is 5.74. The molecule has 2 aliphatic rings. The first kappa shape index (κ1) is 13.2. The van der Waals surface area contributed by atoms with Gasteiger partial charge in [-0.2, -0.15) is 0 Å². The Hall–Kier alpha value is 0.170. The summed E-state index contributed by atoms with van der Waals surface area (Å²) in [5.74, 6) is 0.697. The first-order chi connectivity index (χ1) is 6.66. The highest BCUT2D eigenvalue weighted by atomic mass is 35.5. The fourth-order valence-corrected chi connectivity index (χ4v) is 2.43. The molecule has 0 aliphatic carbocycles. The van der Waals surface area contributed by atoms with Crippen molar-refractivity contribution in [2.45, 2.75) is 45.5 Å². The van der Waals surface area contributed by atoms with E-state index in [1.165, 1.54) is 19.5 Å². The summed E-state index contributed by atoms with van der Waals surface area (Å²) in [7, 11) is 0. The zero-order valence-corrected chi connectivity index (χ0v) is 10.7. The Kier molecular flexibility index (Phi) is 4.84. The Morgan fingerprint density at radius 2 is 2.13 bits per heavy atom. The van der Waals surface area contributed by atoms with E-state index >= 15 is 0 Å². The van der Waals surface area contributed by atoms with Crippen LogP contribution in [-0.4, -0.2) is 42.9 Å². The van der Waals surface area contributed by atoms with E-state index < -0.39 is 0 Å². The minimum atomic E-state index is 0. The number of nitrogens with one attached hydrogen (secondary N) is 1. The maximum absolute atomic E-state index is 5.74. The van der Waals surface area contributed by atoms with E-state index in [9.17, 15) is 0 Å². The van der Waals surface area contributed by atoms with E-state index in [-0.39, 0.29) is 12.4 Å². The minimum Gasteiger partial charge on any atom is -0.361 e. The molecule has 15 heavy (non-hydrogen) atoms. The summed E-state index contributed by atoms with van der Waals surface area (Å²) in [6, 6.07) is 1.21. The first-order valence-electron chi connectivity index (χ1n) is 5.78. The second-order valence-electron chi connectivity index (χ2n) is 4.96. The van der Waals surface area contributed by atoms with E-state index in [1.807, 2.05) is 0 Å². The van der Waals surface area contributed by atoms with Gasteiger partial charge in [0.15, 0.2) is 0 Å². The zero-order valence-electron chi connectivity index (χ0n) is 9.90. The van der Waals surface area contributed by atoms with Gasteiger partial charge in [-0.15, -0.1) is 12.4 Å². The molecule has 2 rings (SSSR count). The molecule has 1 N–H and O–H groups in total. The maximum atomic E-state index is 5.74. The minimum absolute atomic E-state index is 0. The van der Waals surface area contributed by atoms with Crippen LogP contribution in [0.2, 0.25) is 0 Å². The van der Waals surface area contributed by atoms with E-state index in [1.54, 1.807) is 0 Å². The third kappa shape index (κ3) is 3.06. The summed E-state index contributed by atoms with van der Waals surface area (Å²) in [6.45, 7) is 10.0. The van der Waals surface area contributed by atoms with Crippen molar-refractivity contribution in [2.24, 2.45) is 5.92 Å². The molecule has 0 bridgehead atoms. The van der Waals surface area contributed by atoms with Crippen LogP contribution in [-0.2, 0) is 4.74 Å². The van der Waals surface area contributed by atoms with Crippen molar-refractivity contribution in [3.63, 3.8) is 0 Å². The monoisotopic (exact) mass is 234 g/mol. The number of hydrogen-bond acceptors (Lipinski definition) is 3. The molecule has 90 valence electrons. The Balaban J connectivity index is 0.00000112. The van der Waals surface area contributed by atoms with Crippen LogP contribution in [0.25, 0.3) is 0 Å². The molecule has 0 amide bonds. The van der Waals surface area contributed by atoms with Gasteiger partial charge in [-0.1, -0.05) is 0 Å². The van der Waals surface area contributed by atoms with Gasteiger partial charge < -0.3 is 9.64 Å². The number of likely N-dealkylation sites (tertiary alicyclic amines) is 1. The van der Waals surface area contributed by atoms with E-state index in [2.05, 4.69) is 31.0 Å². The molecule has 4 heteroatoms. The van der Waals surface area contributed by atoms with Crippen LogP contribution in [0.4, 0.5) is 0 Å². The number of halogens is 1. The smallest absolute Gasteiger partial charge is 0.112 e. The molecule has 3 nitrogen and oxygen atoms in total. The predicted octanol–water partition coefficient (Wildman–Crippen LogP) is 1.47. The van der Waals surface area contributed by atoms with Crippen LogP contribution in [0.15, 0.2) is 0 Å². The molecule has 2 heterocycles. The first-order valence-corrected chi connectivity index (χ1v) is 5.78. The third-order valence-electron chi connectivity index (χ3n) is 3.39. The molecule has 0 spiro atoms. The summed E-state index contributed by atoms with van der Waals surface area (Å²) in [4.78, 5) is 2.54. The molecule has 0 aromatic carbocycles. The van der Waals surface area contributed by atoms with Gasteiger partial charge in [0, 0.05) is 24.5 Å². The lowest BCUT2D eigenvalue weighted by Crippen LogP contribution is -2.37. The van der Waals surface area contributed by atoms with E-state index in [4.69, 9.17) is 4.74 Å². The number of nitrogens with zero attached hydrogens (tertiary/aromatic N) is 1. The predicted molar refractivity (Wildman–Crippen MR) is 64.4 cm³/mol. The van der Waals surface area contributed by atoms with Crippen LogP contribution < -0.4 is 5.32 Å². The lowest BCUT2D eigenvalue weighted by Gasteiger charge is -2.22. The molecule has 2 aliphatic heterocycles. The largest absolute Gasteiger partial charge is 0.361 e. The van der Waals surface area contributed by atoms with Crippen LogP contribution in [0.3, 0.4) is 0 Å². The topological polar surface area (TPSA) is 24.5 Å². The van der Waals surface area contributed by atoms with Gasteiger partial charge >= 0.3 is 0 Å². The van der Waals surface area contributed by atoms with Crippen molar-refractivity contribution in [3.05, 3.63) is 0 Å². The van der Waals surface area contributed by atoms with E-state index in [0.717, 1.165) is 6.61 Å². The Morgan fingerprint density at radius 1 is 1.40 bits per heavy atom. The van der Waals surface area contributed by atoms with Crippen molar-refractivity contribution in [1.29, 1.82) is 0 Å². The van der Waals surface area contributed by atoms with Crippen molar-refractivity contribution in [2.75, 3.05) is 19.7 Å². The van der Waals surface area contributed by atoms with Crippen LogP contribution in [0, 0.1) is 5.92 Å². The molecule has 0 aromatic heterocycles. The molecule has 2 saturated heterocycles. The zero-order chi connectivity index (χ0) is 10.1. The van der Waals surface area contributed by atoms with Gasteiger partial charge in [-0.25, -0.2) is 0 Å². The van der Waals surface area contributed by atoms with Crippen LogP contribution in [0.1, 0.15) is 27.2 Å². The SMILES string of the molecule is CC1COC(C2CCN(C(C)C)C2)N1.Cl. The van der Waals surface area contributed by atoms with Crippen molar-refractivity contribution < 1.29 is 4.74 Å². The van der Waals surface area contributed by atoms with Crippen molar-refractivity contribution in [1.82, 2.24) is 10.2 Å². The fraction of sp³-hybridized carbons (Fsp3) is 1.00. The van der Waals surface area contributed by atoms with Crippen LogP contribution >= 0.6 is 12.4 Å². The van der Waals surface area contributed by atoms with Crippen LogP contribution in [0.5, 0.6) is 0 Å².